The van der Waals surface area contributed by atoms with Crippen molar-refractivity contribution in [1.82, 2.24) is 14.2 Å². The van der Waals surface area contributed by atoms with Crippen molar-refractivity contribution in [3.8, 4) is 11.5 Å². The van der Waals surface area contributed by atoms with Gasteiger partial charge in [-0.3, -0.25) is 9.59 Å². The van der Waals surface area contributed by atoms with Gasteiger partial charge in [-0.15, -0.1) is 0 Å². The number of nitrogens with zero attached hydrogens (tertiary/aromatic N) is 2. The number of carbonyl (C=O) groups is 1. The average molecular weight is 448 g/mol. The number of carbonyl (C=O) groups excluding carboxylic acids is 1. The van der Waals surface area contributed by atoms with Crippen LogP contribution in [0.1, 0.15) is 10.4 Å². The molecular weight excluding hydrogens is 430 g/mol. The van der Waals surface area contributed by atoms with Gasteiger partial charge in [0.1, 0.15) is 11.3 Å². The molecule has 1 fully saturated rings. The maximum atomic E-state index is 12.8. The van der Waals surface area contributed by atoms with Gasteiger partial charge in [-0.05, 0) is 48.5 Å². The predicted molar refractivity (Wildman–Crippen MR) is 111 cm³/mol. The quantitative estimate of drug-likeness (QED) is 0.661. The molecule has 0 atom stereocenters. The Morgan fingerprint density at radius 2 is 1.70 bits per heavy atom. The van der Waals surface area contributed by atoms with Crippen molar-refractivity contribution in [2.75, 3.05) is 26.2 Å². The molecule has 8 nitrogen and oxygen atoms in total. The molecule has 1 saturated heterocycles. The summed E-state index contributed by atoms with van der Waals surface area (Å²) >= 11 is 5.83. The second kappa shape index (κ2) is 8.10. The summed E-state index contributed by atoms with van der Waals surface area (Å²) in [5, 5.41) is 0.452. The number of aromatic amines is 1. The molecule has 3 heterocycles. The van der Waals surface area contributed by atoms with Crippen molar-refractivity contribution in [2.24, 2.45) is 0 Å². The third-order valence-electron chi connectivity index (χ3n) is 4.90. The molecule has 1 aliphatic rings. The van der Waals surface area contributed by atoms with E-state index >= 15 is 0 Å². The van der Waals surface area contributed by atoms with Gasteiger partial charge in [0, 0.05) is 31.2 Å². The van der Waals surface area contributed by atoms with E-state index in [9.17, 15) is 18.0 Å². The monoisotopic (exact) mass is 447 g/mol. The predicted octanol–water partition coefficient (Wildman–Crippen LogP) is 2.44. The smallest absolute Gasteiger partial charge is 0.261 e. The topological polar surface area (TPSA) is 104 Å². The zero-order valence-corrected chi connectivity index (χ0v) is 17.3. The van der Waals surface area contributed by atoms with Gasteiger partial charge >= 0.3 is 0 Å². The molecule has 0 saturated carbocycles. The van der Waals surface area contributed by atoms with Crippen molar-refractivity contribution >= 4 is 27.5 Å². The summed E-state index contributed by atoms with van der Waals surface area (Å²) in [6.07, 6.45) is 1.49. The molecule has 0 spiro atoms. The number of piperazine rings is 1. The minimum atomic E-state index is -3.67. The van der Waals surface area contributed by atoms with Crippen LogP contribution in [0, 0.1) is 0 Å². The van der Waals surface area contributed by atoms with Crippen LogP contribution in [0.25, 0.3) is 11.5 Å². The summed E-state index contributed by atoms with van der Waals surface area (Å²) in [5.41, 5.74) is -0.0511. The number of hydrogen-bond acceptors (Lipinski definition) is 5. The summed E-state index contributed by atoms with van der Waals surface area (Å²) in [4.78, 5) is 29.4. The molecule has 1 N–H and O–H groups in total. The number of H-pyrrole nitrogens is 1. The number of sulfonamides is 1. The number of furan rings is 1. The fourth-order valence-electron chi connectivity index (χ4n) is 3.28. The molecule has 4 rings (SSSR count). The lowest BCUT2D eigenvalue weighted by molar-refractivity contribution is 0.0696. The van der Waals surface area contributed by atoms with Crippen LogP contribution < -0.4 is 5.56 Å². The van der Waals surface area contributed by atoms with E-state index in [0.717, 1.165) is 0 Å². The highest BCUT2D eigenvalue weighted by atomic mass is 35.5. The van der Waals surface area contributed by atoms with Crippen LogP contribution >= 0.6 is 11.6 Å². The first-order valence-electron chi connectivity index (χ1n) is 9.18. The molecule has 156 valence electrons. The van der Waals surface area contributed by atoms with E-state index in [-0.39, 0.29) is 36.6 Å². The van der Waals surface area contributed by atoms with Gasteiger partial charge in [-0.2, -0.15) is 4.31 Å². The van der Waals surface area contributed by atoms with E-state index in [1.807, 2.05) is 0 Å². The second-order valence-corrected chi connectivity index (χ2v) is 9.12. The number of nitrogens with one attached hydrogen (secondary N) is 1. The number of rotatable bonds is 4. The van der Waals surface area contributed by atoms with E-state index in [4.69, 9.17) is 16.0 Å². The molecule has 0 bridgehead atoms. The lowest BCUT2D eigenvalue weighted by atomic mass is 10.2. The van der Waals surface area contributed by atoms with Gasteiger partial charge in [0.15, 0.2) is 0 Å². The molecular formula is C20H18ClN3O5S. The minimum absolute atomic E-state index is 0.000635. The second-order valence-electron chi connectivity index (χ2n) is 6.74. The van der Waals surface area contributed by atoms with Crippen LogP contribution in [0.4, 0.5) is 0 Å². The summed E-state index contributed by atoms with van der Waals surface area (Å²) in [5.74, 6) is 0.0536. The minimum Gasteiger partial charge on any atom is -0.463 e. The largest absolute Gasteiger partial charge is 0.463 e. The van der Waals surface area contributed by atoms with Gasteiger partial charge in [0.2, 0.25) is 10.0 Å². The molecule has 1 aromatic carbocycles. The van der Waals surface area contributed by atoms with Gasteiger partial charge in [-0.1, -0.05) is 11.6 Å². The van der Waals surface area contributed by atoms with Crippen LogP contribution in [0.5, 0.6) is 0 Å². The molecule has 1 amide bonds. The van der Waals surface area contributed by atoms with Gasteiger partial charge in [-0.25, -0.2) is 8.42 Å². The number of benzene rings is 1. The van der Waals surface area contributed by atoms with Crippen molar-refractivity contribution in [3.63, 3.8) is 0 Å². The Balaban J connectivity index is 1.46. The van der Waals surface area contributed by atoms with E-state index in [2.05, 4.69) is 4.98 Å². The lowest BCUT2D eigenvalue weighted by Crippen LogP contribution is -2.51. The van der Waals surface area contributed by atoms with E-state index in [0.29, 0.717) is 16.5 Å². The van der Waals surface area contributed by atoms with Crippen molar-refractivity contribution in [3.05, 3.63) is 75.7 Å². The van der Waals surface area contributed by atoms with Gasteiger partial charge in [0.25, 0.3) is 11.5 Å². The molecule has 0 radical (unpaired) electrons. The Morgan fingerprint density at radius 3 is 2.30 bits per heavy atom. The summed E-state index contributed by atoms with van der Waals surface area (Å²) in [6.45, 7) is 0.647. The molecule has 0 unspecified atom stereocenters. The first-order chi connectivity index (χ1) is 14.4. The highest BCUT2D eigenvalue weighted by Gasteiger charge is 2.31. The first-order valence-corrected chi connectivity index (χ1v) is 11.0. The Bertz CT molecular complexity index is 1210. The number of aromatic nitrogens is 1. The Hall–Kier alpha value is -2.88. The zero-order valence-electron chi connectivity index (χ0n) is 15.7. The van der Waals surface area contributed by atoms with Crippen LogP contribution in [0.15, 0.2) is 68.9 Å². The normalized spacial score (nSPS) is 15.3. The molecule has 3 aromatic rings. The Kier molecular flexibility index (Phi) is 5.50. The number of amides is 1. The zero-order chi connectivity index (χ0) is 21.3. The molecule has 10 heteroatoms. The summed E-state index contributed by atoms with van der Waals surface area (Å²) in [7, 11) is -3.67. The molecule has 1 aliphatic heterocycles. The van der Waals surface area contributed by atoms with E-state index < -0.39 is 21.5 Å². The van der Waals surface area contributed by atoms with Crippen LogP contribution in [-0.2, 0) is 10.0 Å². The van der Waals surface area contributed by atoms with Crippen LogP contribution in [0.3, 0.4) is 0 Å². The third-order valence-corrected chi connectivity index (χ3v) is 7.07. The lowest BCUT2D eigenvalue weighted by Gasteiger charge is -2.33. The standard InChI is InChI=1S/C20H18ClN3O5S/c21-14-3-5-15(6-4-14)30(27,28)24-11-9-23(10-12-24)20(26)16-7-8-17(22-19(16)25)18-2-1-13-29-18/h1-8,13H,9-12H2,(H,22,25). The Labute approximate surface area is 177 Å². The maximum Gasteiger partial charge on any atom is 0.261 e. The van der Waals surface area contributed by atoms with Crippen LogP contribution in [0.2, 0.25) is 5.02 Å². The van der Waals surface area contributed by atoms with Crippen molar-refractivity contribution in [1.29, 1.82) is 0 Å². The Morgan fingerprint density at radius 1 is 1.00 bits per heavy atom. The maximum absolute atomic E-state index is 12.8. The SMILES string of the molecule is O=C(c1ccc(-c2ccco2)[nH]c1=O)N1CCN(S(=O)(=O)c2ccc(Cl)cc2)CC1. The van der Waals surface area contributed by atoms with Gasteiger partial charge < -0.3 is 14.3 Å². The van der Waals surface area contributed by atoms with Crippen LogP contribution in [-0.4, -0.2) is 54.7 Å². The highest BCUT2D eigenvalue weighted by Crippen LogP contribution is 2.21. The molecule has 2 aromatic heterocycles. The van der Waals surface area contributed by atoms with Crippen molar-refractivity contribution in [2.45, 2.75) is 4.90 Å². The molecule has 30 heavy (non-hydrogen) atoms. The number of pyridine rings is 1. The fraction of sp³-hybridized carbons (Fsp3) is 0.200. The van der Waals surface area contributed by atoms with E-state index in [1.165, 1.54) is 45.8 Å². The van der Waals surface area contributed by atoms with Crippen molar-refractivity contribution < 1.29 is 17.6 Å². The average Bonchev–Trinajstić information content (AvgIpc) is 3.28. The van der Waals surface area contributed by atoms with Gasteiger partial charge in [0.05, 0.1) is 16.9 Å². The molecule has 0 aliphatic carbocycles. The number of halogens is 1. The summed E-state index contributed by atoms with van der Waals surface area (Å²) < 4.78 is 32.1. The number of hydrogen-bond donors (Lipinski definition) is 1. The summed E-state index contributed by atoms with van der Waals surface area (Å²) in [6, 6.07) is 12.4. The first kappa shape index (κ1) is 20.4. The highest BCUT2D eigenvalue weighted by molar-refractivity contribution is 7.89. The fourth-order valence-corrected chi connectivity index (χ4v) is 4.82. The third kappa shape index (κ3) is 3.91. The van der Waals surface area contributed by atoms with E-state index in [1.54, 1.807) is 18.2 Å².